The smallest absolute Gasteiger partial charge is 0.139 e. The fourth-order valence-electron chi connectivity index (χ4n) is 4.67. The molecule has 0 fully saturated rings. The molecule has 0 bridgehead atoms. The fraction of sp³-hybridized carbons (Fsp3) is 0. The van der Waals surface area contributed by atoms with Gasteiger partial charge in [0.1, 0.15) is 23.1 Å². The monoisotopic (exact) mass is 507 g/mol. The second kappa shape index (κ2) is 10.5. The van der Waals surface area contributed by atoms with Crippen LogP contribution in [-0.2, 0) is 0 Å². The Hall–Kier alpha value is -5.42. The number of rotatable bonds is 6. The fourth-order valence-corrected chi connectivity index (χ4v) is 4.67. The van der Waals surface area contributed by atoms with Gasteiger partial charge < -0.3 is 10.2 Å². The summed E-state index contributed by atoms with van der Waals surface area (Å²) in [7, 11) is 0. The van der Waals surface area contributed by atoms with Gasteiger partial charge in [-0.2, -0.15) is 0 Å². The molecular formula is C34H25N3O2. The number of anilines is 3. The van der Waals surface area contributed by atoms with Gasteiger partial charge in [0.25, 0.3) is 0 Å². The highest BCUT2D eigenvalue weighted by Crippen LogP contribution is 2.41. The molecule has 0 saturated heterocycles. The Morgan fingerprint density at radius 1 is 0.410 bits per heavy atom. The third-order valence-corrected chi connectivity index (χ3v) is 6.52. The maximum atomic E-state index is 10.5. The van der Waals surface area contributed by atoms with Crippen LogP contribution < -0.4 is 4.90 Å². The Labute approximate surface area is 227 Å². The van der Waals surface area contributed by atoms with Crippen molar-refractivity contribution in [2.75, 3.05) is 4.90 Å². The lowest BCUT2D eigenvalue weighted by Crippen LogP contribution is -2.14. The Morgan fingerprint density at radius 3 is 1.41 bits per heavy atom. The van der Waals surface area contributed by atoms with E-state index in [-0.39, 0.29) is 11.5 Å². The van der Waals surface area contributed by atoms with Crippen LogP contribution in [0.25, 0.3) is 33.6 Å². The Bertz CT molecular complexity index is 1660. The molecular weight excluding hydrogens is 482 g/mol. The van der Waals surface area contributed by atoms with Gasteiger partial charge in [-0.3, -0.25) is 4.90 Å². The lowest BCUT2D eigenvalue weighted by Gasteiger charge is -2.26. The zero-order valence-corrected chi connectivity index (χ0v) is 21.0. The Balaban J connectivity index is 1.57. The first-order valence-electron chi connectivity index (χ1n) is 12.6. The second-order valence-corrected chi connectivity index (χ2v) is 9.01. The molecule has 0 atom stereocenters. The summed E-state index contributed by atoms with van der Waals surface area (Å²) in [6, 6.07) is 44.1. The van der Waals surface area contributed by atoms with E-state index in [0.717, 1.165) is 16.8 Å². The van der Waals surface area contributed by atoms with Gasteiger partial charge in [-0.25, -0.2) is 9.97 Å². The number of aromatic hydroxyl groups is 2. The van der Waals surface area contributed by atoms with Crippen LogP contribution in [-0.4, -0.2) is 20.2 Å². The minimum Gasteiger partial charge on any atom is -0.507 e. The van der Waals surface area contributed by atoms with E-state index in [4.69, 9.17) is 9.97 Å². The number of benzene rings is 4. The van der Waals surface area contributed by atoms with Crippen molar-refractivity contribution in [1.82, 2.24) is 9.97 Å². The summed E-state index contributed by atoms with van der Waals surface area (Å²) in [5.74, 6) is 1.61. The van der Waals surface area contributed by atoms with E-state index >= 15 is 0 Å². The molecule has 0 saturated carbocycles. The van der Waals surface area contributed by atoms with Crippen molar-refractivity contribution < 1.29 is 10.2 Å². The normalized spacial score (nSPS) is 10.8. The van der Waals surface area contributed by atoms with Crippen molar-refractivity contribution in [3.63, 3.8) is 0 Å². The van der Waals surface area contributed by atoms with E-state index in [1.54, 1.807) is 24.3 Å². The van der Waals surface area contributed by atoms with Crippen LogP contribution in [0.2, 0.25) is 0 Å². The SMILES string of the molecule is Oc1ccccc1-c1cccc(N(c2cccc(-c3ccccc3O)n2)c2ccccc2-c2ccccc2)n1. The van der Waals surface area contributed by atoms with Gasteiger partial charge in [0, 0.05) is 16.7 Å². The minimum atomic E-state index is 0.165. The molecule has 0 aliphatic carbocycles. The van der Waals surface area contributed by atoms with E-state index in [9.17, 15) is 10.2 Å². The molecule has 188 valence electrons. The third-order valence-electron chi connectivity index (χ3n) is 6.52. The van der Waals surface area contributed by atoms with Gasteiger partial charge >= 0.3 is 0 Å². The molecule has 0 radical (unpaired) electrons. The van der Waals surface area contributed by atoms with E-state index in [0.29, 0.717) is 34.2 Å². The first-order valence-corrected chi connectivity index (χ1v) is 12.6. The summed E-state index contributed by atoms with van der Waals surface area (Å²) in [5.41, 5.74) is 5.55. The zero-order chi connectivity index (χ0) is 26.6. The Morgan fingerprint density at radius 2 is 0.872 bits per heavy atom. The van der Waals surface area contributed by atoms with Crippen molar-refractivity contribution >= 4 is 17.3 Å². The van der Waals surface area contributed by atoms with Gasteiger partial charge in [-0.1, -0.05) is 84.9 Å². The summed E-state index contributed by atoms with van der Waals surface area (Å²) in [5, 5.41) is 21.0. The first kappa shape index (κ1) is 23.9. The van der Waals surface area contributed by atoms with Crippen LogP contribution in [0, 0.1) is 0 Å². The zero-order valence-electron chi connectivity index (χ0n) is 21.0. The number of pyridine rings is 2. The quantitative estimate of drug-likeness (QED) is 0.237. The van der Waals surface area contributed by atoms with Crippen molar-refractivity contribution in [2.24, 2.45) is 0 Å². The maximum Gasteiger partial charge on any atom is 0.139 e. The molecule has 2 aromatic heterocycles. The van der Waals surface area contributed by atoms with Crippen molar-refractivity contribution in [3.8, 4) is 45.1 Å². The van der Waals surface area contributed by atoms with E-state index in [1.807, 2.05) is 102 Å². The largest absolute Gasteiger partial charge is 0.507 e. The summed E-state index contributed by atoms with van der Waals surface area (Å²) in [6.07, 6.45) is 0. The summed E-state index contributed by atoms with van der Waals surface area (Å²) >= 11 is 0. The average Bonchev–Trinajstić information content (AvgIpc) is 2.99. The summed E-state index contributed by atoms with van der Waals surface area (Å²) in [6.45, 7) is 0. The molecule has 6 aromatic rings. The van der Waals surface area contributed by atoms with Gasteiger partial charge in [0.15, 0.2) is 0 Å². The van der Waals surface area contributed by atoms with Crippen LogP contribution in [0.3, 0.4) is 0 Å². The number of nitrogens with zero attached hydrogens (tertiary/aromatic N) is 3. The maximum absolute atomic E-state index is 10.5. The molecule has 39 heavy (non-hydrogen) atoms. The molecule has 0 spiro atoms. The van der Waals surface area contributed by atoms with Gasteiger partial charge in [0.05, 0.1) is 17.1 Å². The van der Waals surface area contributed by atoms with Crippen LogP contribution in [0.1, 0.15) is 0 Å². The van der Waals surface area contributed by atoms with Gasteiger partial charge in [-0.05, 0) is 60.2 Å². The van der Waals surface area contributed by atoms with Crippen LogP contribution in [0.4, 0.5) is 17.3 Å². The van der Waals surface area contributed by atoms with Crippen LogP contribution >= 0.6 is 0 Å². The number of aromatic nitrogens is 2. The third kappa shape index (κ3) is 4.81. The lowest BCUT2D eigenvalue weighted by molar-refractivity contribution is 0.476. The summed E-state index contributed by atoms with van der Waals surface area (Å²) < 4.78 is 0. The number of hydrogen-bond donors (Lipinski definition) is 2. The van der Waals surface area contributed by atoms with Crippen LogP contribution in [0.15, 0.2) is 140 Å². The van der Waals surface area contributed by atoms with Crippen molar-refractivity contribution in [2.45, 2.75) is 0 Å². The first-order chi connectivity index (χ1) is 19.2. The number of hydrogen-bond acceptors (Lipinski definition) is 5. The molecule has 0 amide bonds. The predicted molar refractivity (Wildman–Crippen MR) is 156 cm³/mol. The molecule has 2 N–H and O–H groups in total. The molecule has 2 heterocycles. The summed E-state index contributed by atoms with van der Waals surface area (Å²) in [4.78, 5) is 12.0. The highest BCUT2D eigenvalue weighted by molar-refractivity contribution is 5.87. The van der Waals surface area contributed by atoms with Crippen LogP contribution in [0.5, 0.6) is 11.5 Å². The highest BCUT2D eigenvalue weighted by atomic mass is 16.3. The minimum absolute atomic E-state index is 0.165. The standard InChI is InChI=1S/C34H25N3O2/c38-31-20-8-5-15-26(31)28-17-10-22-33(35-28)37(30-19-7-4-14-25(30)24-12-2-1-3-13-24)34-23-11-18-29(36-34)27-16-6-9-21-32(27)39/h1-23,38-39H. The number of phenols is 2. The average molecular weight is 508 g/mol. The molecule has 0 unspecified atom stereocenters. The molecule has 0 aliphatic heterocycles. The van der Waals surface area contributed by atoms with E-state index < -0.39 is 0 Å². The molecule has 5 nitrogen and oxygen atoms in total. The molecule has 6 rings (SSSR count). The highest BCUT2D eigenvalue weighted by Gasteiger charge is 2.21. The number of para-hydroxylation sites is 3. The van der Waals surface area contributed by atoms with Crippen molar-refractivity contribution in [3.05, 3.63) is 140 Å². The molecule has 5 heteroatoms. The topological polar surface area (TPSA) is 69.5 Å². The second-order valence-electron chi connectivity index (χ2n) is 9.01. The number of phenolic OH excluding ortho intramolecular Hbond substituents is 2. The van der Waals surface area contributed by atoms with Gasteiger partial charge in [0.2, 0.25) is 0 Å². The van der Waals surface area contributed by atoms with E-state index in [2.05, 4.69) is 18.2 Å². The predicted octanol–water partition coefficient (Wildman–Crippen LogP) is 8.36. The lowest BCUT2D eigenvalue weighted by atomic mass is 10.0. The Kier molecular flexibility index (Phi) is 6.46. The van der Waals surface area contributed by atoms with Gasteiger partial charge in [-0.15, -0.1) is 0 Å². The molecule has 0 aliphatic rings. The van der Waals surface area contributed by atoms with E-state index in [1.165, 1.54) is 0 Å². The van der Waals surface area contributed by atoms with Crippen molar-refractivity contribution in [1.29, 1.82) is 0 Å². The molecule has 4 aromatic carbocycles.